The van der Waals surface area contributed by atoms with E-state index in [0.29, 0.717) is 18.3 Å². The number of methoxy groups -OCH3 is 2. The zero-order valence-corrected chi connectivity index (χ0v) is 13.4. The van der Waals surface area contributed by atoms with E-state index >= 15 is 0 Å². The van der Waals surface area contributed by atoms with Gasteiger partial charge in [0.25, 0.3) is 0 Å². The zero-order valence-electron chi connectivity index (χ0n) is 13.4. The molecule has 0 saturated heterocycles. The van der Waals surface area contributed by atoms with Gasteiger partial charge >= 0.3 is 0 Å². The monoisotopic (exact) mass is 306 g/mol. The van der Waals surface area contributed by atoms with Gasteiger partial charge in [-0.2, -0.15) is 4.98 Å². The normalized spacial score (nSPS) is 11.0. The number of aryl methyl sites for hydroxylation is 1. The summed E-state index contributed by atoms with van der Waals surface area (Å²) in [4.78, 5) is 6.30. The lowest BCUT2D eigenvalue weighted by Crippen LogP contribution is -2.19. The second-order valence-electron chi connectivity index (χ2n) is 5.11. The molecule has 0 radical (unpaired) electrons. The van der Waals surface area contributed by atoms with Gasteiger partial charge in [0.05, 0.1) is 27.3 Å². The fourth-order valence-electron chi connectivity index (χ4n) is 2.22. The highest BCUT2D eigenvalue weighted by molar-refractivity contribution is 5.47. The maximum Gasteiger partial charge on any atom is 0.240 e. The summed E-state index contributed by atoms with van der Waals surface area (Å²) in [6.45, 7) is 3.62. The van der Waals surface area contributed by atoms with Crippen LogP contribution in [-0.4, -0.2) is 36.3 Å². The van der Waals surface area contributed by atoms with Crippen LogP contribution in [0.3, 0.4) is 0 Å². The third-order valence-corrected chi connectivity index (χ3v) is 3.38. The van der Waals surface area contributed by atoms with Gasteiger partial charge in [-0.15, -0.1) is 0 Å². The van der Waals surface area contributed by atoms with E-state index in [1.807, 2.05) is 26.1 Å². The van der Waals surface area contributed by atoms with Gasteiger partial charge in [-0.05, 0) is 37.2 Å². The molecule has 1 heterocycles. The number of benzene rings is 1. The molecule has 22 heavy (non-hydrogen) atoms. The number of hydrogen-bond donors (Lipinski definition) is 1. The Morgan fingerprint density at radius 2 is 1.86 bits per heavy atom. The first-order chi connectivity index (χ1) is 10.6. The van der Waals surface area contributed by atoms with Gasteiger partial charge in [0.1, 0.15) is 0 Å². The summed E-state index contributed by atoms with van der Waals surface area (Å²) in [7, 11) is 5.26. The molecule has 0 atom stereocenters. The lowest BCUT2D eigenvalue weighted by atomic mass is 10.1. The summed E-state index contributed by atoms with van der Waals surface area (Å²) in [5.41, 5.74) is 7.76. The Balaban J connectivity index is 2.08. The van der Waals surface area contributed by atoms with E-state index < -0.39 is 0 Å². The first-order valence-electron chi connectivity index (χ1n) is 6.99. The molecule has 2 aromatic rings. The van der Waals surface area contributed by atoms with E-state index in [-0.39, 0.29) is 6.54 Å². The van der Waals surface area contributed by atoms with Gasteiger partial charge < -0.3 is 19.7 Å². The van der Waals surface area contributed by atoms with E-state index in [4.69, 9.17) is 19.7 Å². The minimum Gasteiger partial charge on any atom is -0.493 e. The van der Waals surface area contributed by atoms with Gasteiger partial charge in [0.15, 0.2) is 17.3 Å². The molecule has 1 aromatic carbocycles. The van der Waals surface area contributed by atoms with Crippen LogP contribution in [-0.2, 0) is 19.6 Å². The Hall–Kier alpha value is -2.12. The fraction of sp³-hybridized carbons (Fsp3) is 0.467. The maximum absolute atomic E-state index is 5.46. The van der Waals surface area contributed by atoms with Crippen LogP contribution < -0.4 is 15.2 Å². The second-order valence-corrected chi connectivity index (χ2v) is 5.11. The Morgan fingerprint density at radius 3 is 2.45 bits per heavy atom. The molecule has 120 valence electrons. The maximum atomic E-state index is 5.46. The molecule has 7 nitrogen and oxygen atoms in total. The van der Waals surface area contributed by atoms with E-state index in [9.17, 15) is 0 Å². The van der Waals surface area contributed by atoms with Crippen molar-refractivity contribution in [2.45, 2.75) is 26.6 Å². The van der Waals surface area contributed by atoms with Gasteiger partial charge in [0.2, 0.25) is 5.89 Å². The van der Waals surface area contributed by atoms with Crippen molar-refractivity contribution < 1.29 is 14.0 Å². The summed E-state index contributed by atoms with van der Waals surface area (Å²) >= 11 is 0. The molecule has 0 unspecified atom stereocenters. The molecule has 7 heteroatoms. The minimum atomic E-state index is 0.255. The molecule has 0 aliphatic carbocycles. The van der Waals surface area contributed by atoms with Crippen LogP contribution in [0.4, 0.5) is 0 Å². The van der Waals surface area contributed by atoms with Crippen LogP contribution in [0, 0.1) is 6.92 Å². The molecule has 0 aliphatic rings. The van der Waals surface area contributed by atoms with Crippen LogP contribution in [0.15, 0.2) is 16.7 Å². The highest BCUT2D eigenvalue weighted by atomic mass is 16.5. The van der Waals surface area contributed by atoms with Crippen molar-refractivity contribution in [3.05, 3.63) is 35.0 Å². The van der Waals surface area contributed by atoms with Crippen molar-refractivity contribution in [3.8, 4) is 11.5 Å². The van der Waals surface area contributed by atoms with Crippen molar-refractivity contribution in [1.29, 1.82) is 0 Å². The third kappa shape index (κ3) is 3.75. The average molecular weight is 306 g/mol. The van der Waals surface area contributed by atoms with E-state index in [1.165, 1.54) is 0 Å². The highest BCUT2D eigenvalue weighted by Gasteiger charge is 2.12. The summed E-state index contributed by atoms with van der Waals surface area (Å²) in [5.74, 6) is 2.53. The molecule has 0 aliphatic heterocycles. The SMILES string of the molecule is COc1cc(C)c(CN(C)Cc2noc(CN)n2)cc1OC. The Kier molecular flexibility index (Phi) is 5.35. The first kappa shape index (κ1) is 16.3. The van der Waals surface area contributed by atoms with Crippen LogP contribution in [0.1, 0.15) is 22.8 Å². The number of nitrogens with zero attached hydrogens (tertiary/aromatic N) is 3. The highest BCUT2D eigenvalue weighted by Crippen LogP contribution is 2.30. The van der Waals surface area contributed by atoms with Crippen molar-refractivity contribution in [2.24, 2.45) is 5.73 Å². The smallest absolute Gasteiger partial charge is 0.240 e. The molecular formula is C15H22N4O3. The Labute approximate surface area is 130 Å². The Morgan fingerprint density at radius 1 is 1.18 bits per heavy atom. The molecule has 0 amide bonds. The average Bonchev–Trinajstić information content (AvgIpc) is 2.96. The van der Waals surface area contributed by atoms with Gasteiger partial charge in [-0.1, -0.05) is 5.16 Å². The molecule has 0 spiro atoms. The van der Waals surface area contributed by atoms with Crippen molar-refractivity contribution >= 4 is 0 Å². The zero-order chi connectivity index (χ0) is 16.1. The number of rotatable bonds is 7. The summed E-state index contributed by atoms with van der Waals surface area (Å²) in [5, 5.41) is 3.90. The number of ether oxygens (including phenoxy) is 2. The lowest BCUT2D eigenvalue weighted by Gasteiger charge is -2.18. The second kappa shape index (κ2) is 7.24. The van der Waals surface area contributed by atoms with Gasteiger partial charge in [0, 0.05) is 6.54 Å². The predicted molar refractivity (Wildman–Crippen MR) is 81.6 cm³/mol. The summed E-state index contributed by atoms with van der Waals surface area (Å²) in [6, 6.07) is 3.97. The lowest BCUT2D eigenvalue weighted by molar-refractivity contribution is 0.297. The van der Waals surface area contributed by atoms with Crippen LogP contribution in [0.2, 0.25) is 0 Å². The Bertz CT molecular complexity index is 627. The molecule has 1 aromatic heterocycles. The minimum absolute atomic E-state index is 0.255. The molecule has 2 N–H and O–H groups in total. The number of aromatic nitrogens is 2. The third-order valence-electron chi connectivity index (χ3n) is 3.38. The first-order valence-corrected chi connectivity index (χ1v) is 6.99. The molecular weight excluding hydrogens is 284 g/mol. The standard InChI is InChI=1S/C15H22N4O3/c1-10-5-12(20-3)13(21-4)6-11(10)8-19(2)9-14-17-15(7-16)22-18-14/h5-6H,7-9,16H2,1-4H3. The summed E-state index contributed by atoms with van der Waals surface area (Å²) in [6.07, 6.45) is 0. The van der Waals surface area contributed by atoms with Crippen LogP contribution >= 0.6 is 0 Å². The van der Waals surface area contributed by atoms with Crippen molar-refractivity contribution in [2.75, 3.05) is 21.3 Å². The van der Waals surface area contributed by atoms with Gasteiger partial charge in [-0.25, -0.2) is 0 Å². The topological polar surface area (TPSA) is 86.6 Å². The molecule has 0 fully saturated rings. The van der Waals surface area contributed by atoms with Crippen LogP contribution in [0.5, 0.6) is 11.5 Å². The van der Waals surface area contributed by atoms with Crippen molar-refractivity contribution in [1.82, 2.24) is 15.0 Å². The fourth-order valence-corrected chi connectivity index (χ4v) is 2.22. The summed E-state index contributed by atoms with van der Waals surface area (Å²) < 4.78 is 15.7. The molecule has 2 rings (SSSR count). The largest absolute Gasteiger partial charge is 0.493 e. The van der Waals surface area contributed by atoms with Crippen molar-refractivity contribution in [3.63, 3.8) is 0 Å². The van der Waals surface area contributed by atoms with E-state index in [2.05, 4.69) is 15.0 Å². The van der Waals surface area contributed by atoms with E-state index in [1.54, 1.807) is 14.2 Å². The predicted octanol–water partition coefficient (Wildman–Crippen LogP) is 1.49. The quantitative estimate of drug-likeness (QED) is 0.829. The number of nitrogens with two attached hydrogens (primary N) is 1. The van der Waals surface area contributed by atoms with Gasteiger partial charge in [-0.3, -0.25) is 4.90 Å². The molecule has 0 saturated carbocycles. The number of hydrogen-bond acceptors (Lipinski definition) is 7. The van der Waals surface area contributed by atoms with Crippen LogP contribution in [0.25, 0.3) is 0 Å². The van der Waals surface area contributed by atoms with E-state index in [0.717, 1.165) is 29.2 Å². The molecule has 0 bridgehead atoms.